The molecule has 1 aromatic heterocycles. The lowest BCUT2D eigenvalue weighted by Gasteiger charge is -2.30. The molecule has 1 aromatic carbocycles. The van der Waals surface area contributed by atoms with Crippen LogP contribution in [0.2, 0.25) is 0 Å². The maximum atomic E-state index is 12.8. The minimum atomic E-state index is -1.05. The van der Waals surface area contributed by atoms with Crippen molar-refractivity contribution in [3.8, 4) is 0 Å². The molecule has 0 saturated carbocycles. The Morgan fingerprint density at radius 1 is 1.38 bits per heavy atom. The normalized spacial score (nSPS) is 14.3. The number of nitrogens with zero attached hydrogens (tertiary/aromatic N) is 2. The SMILES string of the molecule is CNc1snc(C)c1C(=O)OC(C)C(=O)N1CC(=O)Nc2ccccc21. The van der Waals surface area contributed by atoms with Crippen molar-refractivity contribution in [3.05, 3.63) is 35.5 Å². The molecule has 1 aliphatic rings. The number of aryl methyl sites for hydroxylation is 1. The quantitative estimate of drug-likeness (QED) is 0.794. The first-order chi connectivity index (χ1) is 12.4. The summed E-state index contributed by atoms with van der Waals surface area (Å²) in [6.07, 6.45) is -1.05. The molecule has 1 aliphatic heterocycles. The Labute approximate surface area is 154 Å². The predicted molar refractivity (Wildman–Crippen MR) is 98.7 cm³/mol. The van der Waals surface area contributed by atoms with Gasteiger partial charge in [-0.3, -0.25) is 14.5 Å². The predicted octanol–water partition coefficient (Wildman–Crippen LogP) is 2.02. The molecule has 136 valence electrons. The number of carbonyl (C=O) groups excluding carboxylic acids is 3. The number of hydrogen-bond acceptors (Lipinski definition) is 7. The Morgan fingerprint density at radius 2 is 2.12 bits per heavy atom. The summed E-state index contributed by atoms with van der Waals surface area (Å²) >= 11 is 1.15. The minimum absolute atomic E-state index is 0.126. The largest absolute Gasteiger partial charge is 0.449 e. The van der Waals surface area contributed by atoms with E-state index in [1.165, 1.54) is 11.8 Å². The highest BCUT2D eigenvalue weighted by molar-refractivity contribution is 7.10. The molecular weight excluding hydrogens is 356 g/mol. The van der Waals surface area contributed by atoms with Crippen LogP contribution in [-0.2, 0) is 14.3 Å². The monoisotopic (exact) mass is 374 g/mol. The van der Waals surface area contributed by atoms with Gasteiger partial charge in [-0.1, -0.05) is 12.1 Å². The van der Waals surface area contributed by atoms with E-state index in [-0.39, 0.29) is 12.5 Å². The minimum Gasteiger partial charge on any atom is -0.449 e. The third-order valence-electron chi connectivity index (χ3n) is 3.96. The number of esters is 1. The number of ether oxygens (including phenoxy) is 1. The lowest BCUT2D eigenvalue weighted by atomic mass is 10.1. The fourth-order valence-corrected chi connectivity index (χ4v) is 3.43. The summed E-state index contributed by atoms with van der Waals surface area (Å²) < 4.78 is 9.47. The molecule has 2 amide bonds. The van der Waals surface area contributed by atoms with Gasteiger partial charge in [-0.2, -0.15) is 4.37 Å². The van der Waals surface area contributed by atoms with Crippen LogP contribution in [0.1, 0.15) is 23.0 Å². The third-order valence-corrected chi connectivity index (χ3v) is 4.92. The molecule has 1 atom stereocenters. The zero-order valence-corrected chi connectivity index (χ0v) is 15.3. The third kappa shape index (κ3) is 3.25. The van der Waals surface area contributed by atoms with Gasteiger partial charge in [0.2, 0.25) is 5.91 Å². The molecule has 0 fully saturated rings. The lowest BCUT2D eigenvalue weighted by molar-refractivity contribution is -0.128. The van der Waals surface area contributed by atoms with E-state index in [1.54, 1.807) is 38.2 Å². The Balaban J connectivity index is 1.79. The van der Waals surface area contributed by atoms with Gasteiger partial charge in [0.15, 0.2) is 6.10 Å². The molecule has 8 nitrogen and oxygen atoms in total. The van der Waals surface area contributed by atoms with Gasteiger partial charge in [0, 0.05) is 7.05 Å². The zero-order chi connectivity index (χ0) is 18.8. The molecule has 0 bridgehead atoms. The van der Waals surface area contributed by atoms with Crippen LogP contribution in [0.5, 0.6) is 0 Å². The summed E-state index contributed by atoms with van der Waals surface area (Å²) in [5.74, 6) is -1.39. The highest BCUT2D eigenvalue weighted by atomic mass is 32.1. The first-order valence-electron chi connectivity index (χ1n) is 7.97. The van der Waals surface area contributed by atoms with E-state index >= 15 is 0 Å². The second kappa shape index (κ2) is 7.12. The number of amides is 2. The second-order valence-corrected chi connectivity index (χ2v) is 6.53. The molecule has 2 N–H and O–H groups in total. The molecule has 9 heteroatoms. The number of para-hydroxylation sites is 2. The molecule has 2 heterocycles. The molecular formula is C17H18N4O4S. The fourth-order valence-electron chi connectivity index (χ4n) is 2.70. The maximum Gasteiger partial charge on any atom is 0.343 e. The second-order valence-electron chi connectivity index (χ2n) is 5.76. The van der Waals surface area contributed by atoms with E-state index in [1.807, 2.05) is 0 Å². The van der Waals surface area contributed by atoms with Crippen LogP contribution in [0.25, 0.3) is 0 Å². The fraction of sp³-hybridized carbons (Fsp3) is 0.294. The highest BCUT2D eigenvalue weighted by Gasteiger charge is 2.32. The summed E-state index contributed by atoms with van der Waals surface area (Å²) in [6, 6.07) is 6.98. The number of nitrogens with one attached hydrogen (secondary N) is 2. The van der Waals surface area contributed by atoms with Gasteiger partial charge in [0.1, 0.15) is 17.1 Å². The number of carbonyl (C=O) groups is 3. The average Bonchev–Trinajstić information content (AvgIpc) is 3.00. The highest BCUT2D eigenvalue weighted by Crippen LogP contribution is 2.30. The topological polar surface area (TPSA) is 101 Å². The Kier molecular flexibility index (Phi) is 4.90. The zero-order valence-electron chi connectivity index (χ0n) is 14.5. The molecule has 0 radical (unpaired) electrons. The molecule has 0 aliphatic carbocycles. The van der Waals surface area contributed by atoms with Crippen molar-refractivity contribution in [2.75, 3.05) is 29.1 Å². The van der Waals surface area contributed by atoms with Crippen LogP contribution in [0.3, 0.4) is 0 Å². The van der Waals surface area contributed by atoms with Gasteiger partial charge in [0.05, 0.1) is 17.1 Å². The summed E-state index contributed by atoms with van der Waals surface area (Å²) in [5, 5.41) is 6.18. The van der Waals surface area contributed by atoms with Crippen molar-refractivity contribution in [2.24, 2.45) is 0 Å². The van der Waals surface area contributed by atoms with Gasteiger partial charge in [-0.15, -0.1) is 0 Å². The maximum absolute atomic E-state index is 12.8. The Bertz CT molecular complexity index is 879. The van der Waals surface area contributed by atoms with Crippen molar-refractivity contribution < 1.29 is 19.1 Å². The molecule has 26 heavy (non-hydrogen) atoms. The smallest absolute Gasteiger partial charge is 0.343 e. The number of anilines is 3. The summed E-state index contributed by atoms with van der Waals surface area (Å²) in [7, 11) is 1.68. The van der Waals surface area contributed by atoms with E-state index < -0.39 is 18.0 Å². The summed E-state index contributed by atoms with van der Waals surface area (Å²) in [5.41, 5.74) is 1.97. The van der Waals surface area contributed by atoms with Crippen LogP contribution < -0.4 is 15.5 Å². The molecule has 1 unspecified atom stereocenters. The van der Waals surface area contributed by atoms with Crippen LogP contribution in [0, 0.1) is 6.92 Å². The Hall–Kier alpha value is -2.94. The van der Waals surface area contributed by atoms with E-state index in [9.17, 15) is 14.4 Å². The van der Waals surface area contributed by atoms with Crippen molar-refractivity contribution in [3.63, 3.8) is 0 Å². The van der Waals surface area contributed by atoms with Crippen molar-refractivity contribution in [2.45, 2.75) is 20.0 Å². The van der Waals surface area contributed by atoms with Gasteiger partial charge in [0.25, 0.3) is 5.91 Å². The van der Waals surface area contributed by atoms with Crippen LogP contribution in [0.15, 0.2) is 24.3 Å². The van der Waals surface area contributed by atoms with Gasteiger partial charge < -0.3 is 15.4 Å². The summed E-state index contributed by atoms with van der Waals surface area (Å²) in [6.45, 7) is 3.06. The summed E-state index contributed by atoms with van der Waals surface area (Å²) in [4.78, 5) is 38.5. The van der Waals surface area contributed by atoms with E-state index in [4.69, 9.17) is 4.74 Å². The van der Waals surface area contributed by atoms with Crippen molar-refractivity contribution in [1.29, 1.82) is 0 Å². The van der Waals surface area contributed by atoms with Crippen molar-refractivity contribution in [1.82, 2.24) is 4.37 Å². The lowest BCUT2D eigenvalue weighted by Crippen LogP contribution is -2.47. The van der Waals surface area contributed by atoms with E-state index in [0.29, 0.717) is 27.6 Å². The number of fused-ring (bicyclic) bond motifs is 1. The van der Waals surface area contributed by atoms with Crippen LogP contribution in [-0.4, -0.2) is 41.9 Å². The standard InChI is InChI=1S/C17H18N4O4S/c1-9-14(15(18-3)26-20-9)17(24)25-10(2)16(23)21-8-13(22)19-11-6-4-5-7-12(11)21/h4-7,10,18H,8H2,1-3H3,(H,19,22). The van der Waals surface area contributed by atoms with E-state index in [2.05, 4.69) is 15.0 Å². The van der Waals surface area contributed by atoms with Gasteiger partial charge >= 0.3 is 5.97 Å². The first-order valence-corrected chi connectivity index (χ1v) is 8.75. The van der Waals surface area contributed by atoms with Gasteiger partial charge in [-0.25, -0.2) is 4.79 Å². The number of aromatic nitrogens is 1. The van der Waals surface area contributed by atoms with Crippen molar-refractivity contribution >= 4 is 45.7 Å². The first kappa shape index (κ1) is 17.9. The van der Waals surface area contributed by atoms with Crippen LogP contribution in [0.4, 0.5) is 16.4 Å². The Morgan fingerprint density at radius 3 is 2.85 bits per heavy atom. The van der Waals surface area contributed by atoms with Crippen LogP contribution >= 0.6 is 11.5 Å². The molecule has 2 aromatic rings. The molecule has 0 saturated heterocycles. The average molecular weight is 374 g/mol. The van der Waals surface area contributed by atoms with Gasteiger partial charge in [-0.05, 0) is 37.5 Å². The number of rotatable bonds is 4. The van der Waals surface area contributed by atoms with E-state index in [0.717, 1.165) is 11.5 Å². The molecule has 3 rings (SSSR count). The molecule has 0 spiro atoms. The number of benzene rings is 1. The number of hydrogen-bond donors (Lipinski definition) is 2.